The summed E-state index contributed by atoms with van der Waals surface area (Å²) in [4.78, 5) is 30.9. The van der Waals surface area contributed by atoms with Crippen LogP contribution in [0.3, 0.4) is 0 Å². The number of hydrogen-bond donors (Lipinski definition) is 0. The third kappa shape index (κ3) is 4.52. The molecule has 1 aliphatic heterocycles. The van der Waals surface area contributed by atoms with Crippen LogP contribution in [-0.4, -0.2) is 42.8 Å². The molecule has 0 fully saturated rings. The van der Waals surface area contributed by atoms with Crippen LogP contribution in [0.25, 0.3) is 10.2 Å². The maximum absolute atomic E-state index is 12.6. The van der Waals surface area contributed by atoms with E-state index in [0.717, 1.165) is 27.0 Å². The number of nitrogens with zero attached hydrogens (tertiary/aromatic N) is 3. The molecule has 164 valence electrons. The van der Waals surface area contributed by atoms with Crippen molar-refractivity contribution >= 4 is 48.9 Å². The molecular weight excluding hydrogens is 446 g/mol. The molecule has 9 heteroatoms. The first-order chi connectivity index (χ1) is 15.3. The van der Waals surface area contributed by atoms with Crippen molar-refractivity contribution in [1.29, 1.82) is 0 Å². The molecule has 0 radical (unpaired) electrons. The lowest BCUT2D eigenvalue weighted by atomic mass is 10.2. The van der Waals surface area contributed by atoms with Gasteiger partial charge in [-0.15, -0.1) is 6.42 Å². The van der Waals surface area contributed by atoms with Gasteiger partial charge in [0.1, 0.15) is 11.5 Å². The molecule has 7 nitrogen and oxygen atoms in total. The summed E-state index contributed by atoms with van der Waals surface area (Å²) in [6.45, 7) is 2.59. The summed E-state index contributed by atoms with van der Waals surface area (Å²) in [6.07, 6.45) is 6.14. The van der Waals surface area contributed by atoms with Crippen LogP contribution < -0.4 is 9.70 Å². The Bertz CT molecular complexity index is 1440. The molecule has 0 N–H and O–H groups in total. The van der Waals surface area contributed by atoms with Crippen LogP contribution in [0.1, 0.15) is 11.1 Å². The van der Waals surface area contributed by atoms with Crippen LogP contribution >= 0.6 is 11.3 Å². The van der Waals surface area contributed by atoms with E-state index in [9.17, 15) is 18.0 Å². The Morgan fingerprint density at radius 3 is 2.75 bits per heavy atom. The predicted octanol–water partition coefficient (Wildman–Crippen LogP) is 2.08. The van der Waals surface area contributed by atoms with Crippen LogP contribution in [0.5, 0.6) is 0 Å². The molecule has 2 heterocycles. The Kier molecular flexibility index (Phi) is 6.00. The van der Waals surface area contributed by atoms with E-state index < -0.39 is 33.2 Å². The lowest BCUT2D eigenvalue weighted by molar-refractivity contribution is -0.116. The number of para-hydroxylation sites is 1. The van der Waals surface area contributed by atoms with Crippen LogP contribution in [0.4, 0.5) is 5.69 Å². The fraction of sp³-hybridized carbons (Fsp3) is 0.261. The average Bonchev–Trinajstić information content (AvgIpc) is 3.29. The number of fused-ring (bicyclic) bond motifs is 2. The number of hydrogen-bond acceptors (Lipinski definition) is 5. The first kappa shape index (κ1) is 22.0. The second kappa shape index (κ2) is 8.73. The van der Waals surface area contributed by atoms with Crippen molar-refractivity contribution in [2.45, 2.75) is 19.9 Å². The van der Waals surface area contributed by atoms with Crippen LogP contribution in [0.15, 0.2) is 47.5 Å². The van der Waals surface area contributed by atoms with Gasteiger partial charge in [0.05, 0.1) is 16.8 Å². The summed E-state index contributed by atoms with van der Waals surface area (Å²) in [6, 6.07) is 13.2. The zero-order valence-corrected chi connectivity index (χ0v) is 19.1. The molecule has 4 rings (SSSR count). The van der Waals surface area contributed by atoms with E-state index in [2.05, 4.69) is 10.9 Å². The maximum atomic E-state index is 12.6. The third-order valence-electron chi connectivity index (χ3n) is 5.18. The second-order valence-electron chi connectivity index (χ2n) is 7.61. The Hall–Kier alpha value is -3.22. The Labute approximate surface area is 189 Å². The van der Waals surface area contributed by atoms with Crippen molar-refractivity contribution < 1.29 is 18.0 Å². The van der Waals surface area contributed by atoms with E-state index in [1.54, 1.807) is 16.7 Å². The van der Waals surface area contributed by atoms with E-state index in [0.29, 0.717) is 17.8 Å². The van der Waals surface area contributed by atoms with Crippen molar-refractivity contribution in [3.8, 4) is 12.3 Å². The van der Waals surface area contributed by atoms with Gasteiger partial charge in [0.2, 0.25) is 5.91 Å². The number of aryl methyl sites for hydroxylation is 1. The summed E-state index contributed by atoms with van der Waals surface area (Å²) >= 11 is 1.27. The monoisotopic (exact) mass is 467 g/mol. The van der Waals surface area contributed by atoms with E-state index in [-0.39, 0.29) is 6.54 Å². The lowest BCUT2D eigenvalue weighted by Gasteiger charge is -2.17. The number of sulfone groups is 1. The van der Waals surface area contributed by atoms with E-state index in [1.165, 1.54) is 16.2 Å². The number of thiazole rings is 1. The molecule has 32 heavy (non-hydrogen) atoms. The van der Waals surface area contributed by atoms with Crippen molar-refractivity contribution in [3.05, 3.63) is 58.4 Å². The lowest BCUT2D eigenvalue weighted by Crippen LogP contribution is -2.36. The quantitative estimate of drug-likeness (QED) is 0.538. The minimum Gasteiger partial charge on any atom is -0.311 e. The smallest absolute Gasteiger partial charge is 0.263 e. The number of rotatable bonds is 5. The van der Waals surface area contributed by atoms with Gasteiger partial charge in [-0.1, -0.05) is 41.5 Å². The summed E-state index contributed by atoms with van der Waals surface area (Å²) in [5, 5.41) is 0. The van der Waals surface area contributed by atoms with Crippen LogP contribution in [0.2, 0.25) is 0 Å². The summed E-state index contributed by atoms with van der Waals surface area (Å²) in [7, 11) is -3.98. The van der Waals surface area contributed by atoms with Gasteiger partial charge < -0.3 is 9.47 Å². The average molecular weight is 468 g/mol. The number of carbonyl (C=O) groups is 2. The molecule has 0 spiro atoms. The molecule has 0 saturated heterocycles. The highest BCUT2D eigenvalue weighted by molar-refractivity contribution is 7.92. The standard InChI is InChI=1S/C23H21N3O4S2/c1-3-11-26-19-9-8-16(2)13-20(19)31-23(26)24-21(27)14-32(29,30)15-22(28)25-12-10-17-6-4-5-7-18(17)25/h1,4-9,13H,10-12,14-15H2,2H3. The summed E-state index contributed by atoms with van der Waals surface area (Å²) in [5.41, 5.74) is 3.60. The molecule has 0 aliphatic carbocycles. The largest absolute Gasteiger partial charge is 0.311 e. The van der Waals surface area contributed by atoms with Crippen LogP contribution in [-0.2, 0) is 32.4 Å². The summed E-state index contributed by atoms with van der Waals surface area (Å²) < 4.78 is 27.8. The fourth-order valence-corrected chi connectivity index (χ4v) is 5.97. The SMILES string of the molecule is C#CCn1c(=NC(=O)CS(=O)(=O)CC(=O)N2CCc3ccccc32)sc2cc(C)ccc21. The Morgan fingerprint density at radius 2 is 1.97 bits per heavy atom. The van der Waals surface area contributed by atoms with Crippen LogP contribution in [0, 0.1) is 19.3 Å². The molecule has 0 unspecified atom stereocenters. The molecule has 1 aliphatic rings. The molecule has 3 aromatic rings. The van der Waals surface area contributed by atoms with Crippen molar-refractivity contribution in [3.63, 3.8) is 0 Å². The zero-order valence-electron chi connectivity index (χ0n) is 17.4. The zero-order chi connectivity index (χ0) is 22.9. The Morgan fingerprint density at radius 1 is 1.19 bits per heavy atom. The maximum Gasteiger partial charge on any atom is 0.263 e. The normalized spacial score (nSPS) is 13.9. The number of amides is 2. The fourth-order valence-electron chi connectivity index (χ4n) is 3.75. The van der Waals surface area contributed by atoms with E-state index >= 15 is 0 Å². The van der Waals surface area contributed by atoms with Gasteiger partial charge in [-0.2, -0.15) is 4.99 Å². The number of terminal acetylenes is 1. The van der Waals surface area contributed by atoms with Gasteiger partial charge in [0.25, 0.3) is 5.91 Å². The molecule has 1 aromatic heterocycles. The molecule has 2 amide bonds. The van der Waals surface area contributed by atoms with E-state index in [1.807, 2.05) is 37.3 Å². The Balaban J connectivity index is 1.54. The van der Waals surface area contributed by atoms with Gasteiger partial charge in [-0.05, 0) is 42.7 Å². The number of benzene rings is 2. The minimum absolute atomic E-state index is 0.203. The van der Waals surface area contributed by atoms with Crippen molar-refractivity contribution in [2.75, 3.05) is 23.0 Å². The highest BCUT2D eigenvalue weighted by Gasteiger charge is 2.29. The molecular formula is C23H21N3O4S2. The van der Waals surface area contributed by atoms with E-state index in [4.69, 9.17) is 6.42 Å². The molecule has 2 aromatic carbocycles. The molecule has 0 bridgehead atoms. The van der Waals surface area contributed by atoms with Gasteiger partial charge >= 0.3 is 0 Å². The van der Waals surface area contributed by atoms with Gasteiger partial charge in [0.15, 0.2) is 14.6 Å². The molecule has 0 atom stereocenters. The molecule has 0 saturated carbocycles. The first-order valence-corrected chi connectivity index (χ1v) is 12.6. The number of aromatic nitrogens is 1. The highest BCUT2D eigenvalue weighted by atomic mass is 32.2. The van der Waals surface area contributed by atoms with Gasteiger partial charge in [0, 0.05) is 12.2 Å². The predicted molar refractivity (Wildman–Crippen MR) is 125 cm³/mol. The first-order valence-electron chi connectivity index (χ1n) is 9.97. The number of carbonyl (C=O) groups excluding carboxylic acids is 2. The number of anilines is 1. The topological polar surface area (TPSA) is 88.8 Å². The minimum atomic E-state index is -3.98. The van der Waals surface area contributed by atoms with Gasteiger partial charge in [-0.25, -0.2) is 8.42 Å². The van der Waals surface area contributed by atoms with Crippen molar-refractivity contribution in [2.24, 2.45) is 4.99 Å². The summed E-state index contributed by atoms with van der Waals surface area (Å²) in [5.74, 6) is -0.404. The highest BCUT2D eigenvalue weighted by Crippen LogP contribution is 2.27. The van der Waals surface area contributed by atoms with Crippen molar-refractivity contribution in [1.82, 2.24) is 4.57 Å². The second-order valence-corrected chi connectivity index (χ2v) is 10.7. The van der Waals surface area contributed by atoms with Gasteiger partial charge in [-0.3, -0.25) is 9.59 Å². The third-order valence-corrected chi connectivity index (χ3v) is 7.60.